The van der Waals surface area contributed by atoms with Crippen molar-refractivity contribution in [3.63, 3.8) is 0 Å². The van der Waals surface area contributed by atoms with Gasteiger partial charge in [0.1, 0.15) is 11.8 Å². The molecule has 0 fully saturated rings. The lowest BCUT2D eigenvalue weighted by Crippen LogP contribution is -2.05. The van der Waals surface area contributed by atoms with Gasteiger partial charge in [-0.3, -0.25) is 0 Å². The number of methoxy groups -OCH3 is 1. The van der Waals surface area contributed by atoms with Crippen LogP contribution in [0.1, 0.15) is 11.5 Å². The fourth-order valence-electron chi connectivity index (χ4n) is 1.46. The summed E-state index contributed by atoms with van der Waals surface area (Å²) in [6.07, 6.45) is 2.23. The lowest BCUT2D eigenvalue weighted by atomic mass is 10.3. The molecule has 0 amide bonds. The van der Waals surface area contributed by atoms with Gasteiger partial charge >= 0.3 is 0 Å². The maximum atomic E-state index is 8.72. The molecule has 7 nitrogen and oxygen atoms in total. The molecule has 0 aliphatic heterocycles. The van der Waals surface area contributed by atoms with Gasteiger partial charge in [-0.15, -0.1) is 0 Å². The van der Waals surface area contributed by atoms with Crippen LogP contribution in [-0.2, 0) is 15.9 Å². The molecule has 0 bridgehead atoms. The zero-order chi connectivity index (χ0) is 13.5. The van der Waals surface area contributed by atoms with E-state index in [1.807, 2.05) is 6.07 Å². The zero-order valence-electron chi connectivity index (χ0n) is 10.5. The normalized spacial score (nSPS) is 10.5. The van der Waals surface area contributed by atoms with Crippen LogP contribution in [0.4, 0.5) is 0 Å². The summed E-state index contributed by atoms with van der Waals surface area (Å²) in [4.78, 5) is 7.03. The molecule has 19 heavy (non-hydrogen) atoms. The lowest BCUT2D eigenvalue weighted by Gasteiger charge is -1.99. The summed E-state index contributed by atoms with van der Waals surface area (Å²) < 4.78 is 15.3. The molecule has 0 aliphatic carbocycles. The number of H-pyrrole nitrogens is 1. The summed E-state index contributed by atoms with van der Waals surface area (Å²) in [5.74, 6) is 0.969. The average molecular weight is 262 g/mol. The third-order valence-electron chi connectivity index (χ3n) is 2.42. The third kappa shape index (κ3) is 3.64. The quantitative estimate of drug-likeness (QED) is 0.751. The Morgan fingerprint density at radius 3 is 3.05 bits per heavy atom. The molecule has 2 rings (SSSR count). The van der Waals surface area contributed by atoms with Gasteiger partial charge in [0, 0.05) is 19.7 Å². The predicted octanol–water partition coefficient (Wildman–Crippen LogP) is 1.14. The third-order valence-corrected chi connectivity index (χ3v) is 2.42. The van der Waals surface area contributed by atoms with Crippen LogP contribution in [0, 0.1) is 11.3 Å². The van der Waals surface area contributed by atoms with Crippen LogP contribution in [0.5, 0.6) is 0 Å². The molecule has 2 aromatic rings. The molecule has 100 valence electrons. The Balaban J connectivity index is 1.87. The summed E-state index contributed by atoms with van der Waals surface area (Å²) in [6, 6.07) is 3.66. The Labute approximate surface area is 110 Å². The monoisotopic (exact) mass is 262 g/mol. The average Bonchev–Trinajstić information content (AvgIpc) is 3.07. The van der Waals surface area contributed by atoms with E-state index in [-0.39, 0.29) is 0 Å². The van der Waals surface area contributed by atoms with Gasteiger partial charge in [0.15, 0.2) is 5.82 Å². The standard InChI is InChI=1S/C12H14N4O3/c1-17-4-5-18-3-2-11-15-12(19-16-11)9-6-10(7-13)14-8-9/h6,8,14H,2-5H2,1H3. The first kappa shape index (κ1) is 13.3. The van der Waals surface area contributed by atoms with Crippen molar-refractivity contribution in [3.05, 3.63) is 23.8 Å². The van der Waals surface area contributed by atoms with Crippen molar-refractivity contribution in [3.8, 4) is 17.5 Å². The minimum Gasteiger partial charge on any atom is -0.382 e. The zero-order valence-corrected chi connectivity index (χ0v) is 10.5. The van der Waals surface area contributed by atoms with Gasteiger partial charge in [0.05, 0.1) is 25.4 Å². The van der Waals surface area contributed by atoms with E-state index in [2.05, 4.69) is 15.1 Å². The summed E-state index contributed by atoms with van der Waals surface area (Å²) >= 11 is 0. The van der Waals surface area contributed by atoms with E-state index in [0.29, 0.717) is 49.2 Å². The van der Waals surface area contributed by atoms with E-state index in [4.69, 9.17) is 19.3 Å². The maximum absolute atomic E-state index is 8.72. The summed E-state index contributed by atoms with van der Waals surface area (Å²) in [7, 11) is 1.63. The van der Waals surface area contributed by atoms with Crippen molar-refractivity contribution in [2.75, 3.05) is 26.9 Å². The molecule has 0 radical (unpaired) electrons. The smallest absolute Gasteiger partial charge is 0.259 e. The maximum Gasteiger partial charge on any atom is 0.259 e. The Kier molecular flexibility index (Phi) is 4.66. The summed E-state index contributed by atoms with van der Waals surface area (Å²) in [5.41, 5.74) is 1.16. The van der Waals surface area contributed by atoms with Gasteiger partial charge in [-0.05, 0) is 6.07 Å². The van der Waals surface area contributed by atoms with Crippen LogP contribution in [0.15, 0.2) is 16.8 Å². The number of hydrogen-bond acceptors (Lipinski definition) is 6. The first-order valence-corrected chi connectivity index (χ1v) is 5.81. The predicted molar refractivity (Wildman–Crippen MR) is 65.2 cm³/mol. The number of rotatable bonds is 7. The minimum absolute atomic E-state index is 0.393. The molecule has 2 aromatic heterocycles. The SMILES string of the molecule is COCCOCCc1noc(-c2c[nH]c(C#N)c2)n1. The van der Waals surface area contributed by atoms with Gasteiger partial charge in [0.25, 0.3) is 5.89 Å². The summed E-state index contributed by atoms with van der Waals surface area (Å²) in [6.45, 7) is 1.63. The molecule has 0 aromatic carbocycles. The van der Waals surface area contributed by atoms with Crippen molar-refractivity contribution in [2.24, 2.45) is 0 Å². The molecule has 0 saturated heterocycles. The molecule has 7 heteroatoms. The van der Waals surface area contributed by atoms with Gasteiger partial charge in [-0.1, -0.05) is 5.16 Å². The van der Waals surface area contributed by atoms with Gasteiger partial charge in [-0.25, -0.2) is 0 Å². The molecule has 0 saturated carbocycles. The second-order valence-corrected chi connectivity index (χ2v) is 3.78. The van der Waals surface area contributed by atoms with Crippen molar-refractivity contribution < 1.29 is 14.0 Å². The first-order chi connectivity index (χ1) is 9.33. The second-order valence-electron chi connectivity index (χ2n) is 3.78. The Hall–Kier alpha value is -2.17. The number of aromatic amines is 1. The molecular formula is C12H14N4O3. The largest absolute Gasteiger partial charge is 0.382 e. The fraction of sp³-hybridized carbons (Fsp3) is 0.417. The van der Waals surface area contributed by atoms with Crippen LogP contribution in [0.25, 0.3) is 11.5 Å². The molecule has 0 unspecified atom stereocenters. The van der Waals surface area contributed by atoms with Crippen LogP contribution < -0.4 is 0 Å². The van der Waals surface area contributed by atoms with Crippen molar-refractivity contribution in [1.82, 2.24) is 15.1 Å². The number of hydrogen-bond donors (Lipinski definition) is 1. The molecule has 1 N–H and O–H groups in total. The highest BCUT2D eigenvalue weighted by Gasteiger charge is 2.10. The van der Waals surface area contributed by atoms with Crippen LogP contribution in [0.3, 0.4) is 0 Å². The van der Waals surface area contributed by atoms with E-state index in [0.717, 1.165) is 0 Å². The van der Waals surface area contributed by atoms with Crippen LogP contribution >= 0.6 is 0 Å². The number of nitrogens with zero attached hydrogens (tertiary/aromatic N) is 3. The topological polar surface area (TPSA) is 97.0 Å². The number of ether oxygens (including phenoxy) is 2. The molecule has 2 heterocycles. The lowest BCUT2D eigenvalue weighted by molar-refractivity contribution is 0.0714. The molecule has 0 aliphatic rings. The Morgan fingerprint density at radius 1 is 1.42 bits per heavy atom. The van der Waals surface area contributed by atoms with Gasteiger partial charge in [0.2, 0.25) is 0 Å². The van der Waals surface area contributed by atoms with E-state index in [1.54, 1.807) is 19.4 Å². The van der Waals surface area contributed by atoms with E-state index < -0.39 is 0 Å². The number of nitriles is 1. The number of aromatic nitrogens is 3. The molecule has 0 atom stereocenters. The highest BCUT2D eigenvalue weighted by Crippen LogP contribution is 2.17. The van der Waals surface area contributed by atoms with Crippen LogP contribution in [-0.4, -0.2) is 42.1 Å². The van der Waals surface area contributed by atoms with Gasteiger partial charge in [-0.2, -0.15) is 10.2 Å². The van der Waals surface area contributed by atoms with E-state index >= 15 is 0 Å². The highest BCUT2D eigenvalue weighted by molar-refractivity contribution is 5.54. The van der Waals surface area contributed by atoms with Crippen molar-refractivity contribution in [2.45, 2.75) is 6.42 Å². The first-order valence-electron chi connectivity index (χ1n) is 5.81. The Morgan fingerprint density at radius 2 is 2.32 bits per heavy atom. The number of nitrogens with one attached hydrogen (secondary N) is 1. The minimum atomic E-state index is 0.393. The van der Waals surface area contributed by atoms with Gasteiger partial charge < -0.3 is 19.0 Å². The highest BCUT2D eigenvalue weighted by atomic mass is 16.5. The fourth-order valence-corrected chi connectivity index (χ4v) is 1.46. The van der Waals surface area contributed by atoms with Crippen molar-refractivity contribution in [1.29, 1.82) is 5.26 Å². The van der Waals surface area contributed by atoms with Crippen molar-refractivity contribution >= 4 is 0 Å². The molecular weight excluding hydrogens is 248 g/mol. The van der Waals surface area contributed by atoms with E-state index in [1.165, 1.54) is 0 Å². The van der Waals surface area contributed by atoms with E-state index in [9.17, 15) is 0 Å². The second kappa shape index (κ2) is 6.68. The summed E-state index contributed by atoms with van der Waals surface area (Å²) in [5, 5.41) is 12.6. The Bertz CT molecular complexity index is 555. The van der Waals surface area contributed by atoms with Crippen LogP contribution in [0.2, 0.25) is 0 Å². The molecule has 0 spiro atoms.